The van der Waals surface area contributed by atoms with Gasteiger partial charge in [0.2, 0.25) is 11.8 Å². The van der Waals surface area contributed by atoms with Crippen LogP contribution in [0.1, 0.15) is 17.5 Å². The van der Waals surface area contributed by atoms with Crippen molar-refractivity contribution in [1.29, 1.82) is 0 Å². The van der Waals surface area contributed by atoms with Crippen LogP contribution in [-0.2, 0) is 9.59 Å². The fraction of sp³-hybridized carbons (Fsp3) is 0.300. The first-order chi connectivity index (χ1) is 12.0. The molecule has 2 aromatic carbocycles. The largest absolute Gasteiger partial charge is 0.495 e. The van der Waals surface area contributed by atoms with Gasteiger partial charge in [0.25, 0.3) is 0 Å². The molecule has 0 aromatic heterocycles. The van der Waals surface area contributed by atoms with Crippen molar-refractivity contribution < 1.29 is 14.3 Å². The van der Waals surface area contributed by atoms with Gasteiger partial charge in [0.1, 0.15) is 5.75 Å². The molecule has 1 fully saturated rings. The van der Waals surface area contributed by atoms with Gasteiger partial charge in [0.15, 0.2) is 0 Å². The third-order valence-electron chi connectivity index (χ3n) is 4.42. The van der Waals surface area contributed by atoms with Crippen molar-refractivity contribution in [1.82, 2.24) is 0 Å². The zero-order valence-corrected chi connectivity index (χ0v) is 14.7. The fourth-order valence-corrected chi connectivity index (χ4v) is 3.08. The second-order valence-corrected chi connectivity index (χ2v) is 6.44. The molecule has 25 heavy (non-hydrogen) atoms. The monoisotopic (exact) mass is 338 g/mol. The molecular weight excluding hydrogens is 316 g/mol. The van der Waals surface area contributed by atoms with Crippen LogP contribution in [0, 0.1) is 19.8 Å². The topological polar surface area (TPSA) is 58.6 Å². The summed E-state index contributed by atoms with van der Waals surface area (Å²) < 4.78 is 5.30. The summed E-state index contributed by atoms with van der Waals surface area (Å²) in [6.45, 7) is 4.33. The summed E-state index contributed by atoms with van der Waals surface area (Å²) in [4.78, 5) is 26.7. The van der Waals surface area contributed by atoms with Crippen molar-refractivity contribution in [3.05, 3.63) is 53.6 Å². The maximum atomic E-state index is 12.6. The minimum Gasteiger partial charge on any atom is -0.495 e. The molecule has 1 aliphatic rings. The average molecular weight is 338 g/mol. The van der Waals surface area contributed by atoms with Crippen LogP contribution in [0.15, 0.2) is 42.5 Å². The molecule has 1 N–H and O–H groups in total. The molecule has 130 valence electrons. The van der Waals surface area contributed by atoms with Gasteiger partial charge in [0.05, 0.1) is 18.7 Å². The lowest BCUT2D eigenvalue weighted by atomic mass is 10.1. The molecule has 0 unspecified atom stereocenters. The number of carbonyl (C=O) groups excluding carboxylic acids is 2. The van der Waals surface area contributed by atoms with Crippen LogP contribution in [0.3, 0.4) is 0 Å². The minimum absolute atomic E-state index is 0.0260. The van der Waals surface area contributed by atoms with Gasteiger partial charge in [0, 0.05) is 18.7 Å². The number of amides is 2. The van der Waals surface area contributed by atoms with Crippen molar-refractivity contribution in [3.8, 4) is 5.75 Å². The van der Waals surface area contributed by atoms with Crippen LogP contribution in [0.5, 0.6) is 5.75 Å². The van der Waals surface area contributed by atoms with Gasteiger partial charge < -0.3 is 15.0 Å². The van der Waals surface area contributed by atoms with Gasteiger partial charge in [-0.15, -0.1) is 0 Å². The summed E-state index contributed by atoms with van der Waals surface area (Å²) in [5.41, 5.74) is 3.59. The number of ether oxygens (including phenoxy) is 1. The third-order valence-corrected chi connectivity index (χ3v) is 4.42. The van der Waals surface area contributed by atoms with Crippen molar-refractivity contribution in [3.63, 3.8) is 0 Å². The zero-order chi connectivity index (χ0) is 18.0. The van der Waals surface area contributed by atoms with Crippen LogP contribution < -0.4 is 15.0 Å². The second kappa shape index (κ2) is 6.97. The normalized spacial score (nSPS) is 16.8. The third kappa shape index (κ3) is 3.65. The van der Waals surface area contributed by atoms with E-state index in [-0.39, 0.29) is 24.2 Å². The number of hydrogen-bond donors (Lipinski definition) is 1. The molecule has 0 spiro atoms. The van der Waals surface area contributed by atoms with E-state index in [1.54, 1.807) is 12.0 Å². The molecule has 5 nitrogen and oxygen atoms in total. The Morgan fingerprint density at radius 3 is 2.64 bits per heavy atom. The molecule has 1 atom stereocenters. The van der Waals surface area contributed by atoms with Gasteiger partial charge in [-0.1, -0.05) is 18.2 Å². The first kappa shape index (κ1) is 17.0. The molecule has 0 bridgehead atoms. The number of anilines is 2. The molecule has 2 amide bonds. The molecule has 5 heteroatoms. The Morgan fingerprint density at radius 2 is 1.92 bits per heavy atom. The lowest BCUT2D eigenvalue weighted by molar-refractivity contribution is -0.122. The highest BCUT2D eigenvalue weighted by atomic mass is 16.5. The predicted molar refractivity (Wildman–Crippen MR) is 98.0 cm³/mol. The molecular formula is C20H22N2O3. The van der Waals surface area contributed by atoms with Crippen LogP contribution in [0.25, 0.3) is 0 Å². The van der Waals surface area contributed by atoms with Gasteiger partial charge in [-0.2, -0.15) is 0 Å². The van der Waals surface area contributed by atoms with Gasteiger partial charge in [-0.05, 0) is 49.2 Å². The van der Waals surface area contributed by atoms with E-state index in [1.165, 1.54) is 0 Å². The average Bonchev–Trinajstić information content (AvgIpc) is 2.97. The van der Waals surface area contributed by atoms with E-state index in [0.29, 0.717) is 18.0 Å². The summed E-state index contributed by atoms with van der Waals surface area (Å²) in [6, 6.07) is 13.4. The lowest BCUT2D eigenvalue weighted by Gasteiger charge is -2.17. The van der Waals surface area contributed by atoms with Crippen molar-refractivity contribution in [2.24, 2.45) is 5.92 Å². The number of carbonyl (C=O) groups is 2. The summed E-state index contributed by atoms with van der Waals surface area (Å²) >= 11 is 0. The number of rotatable bonds is 4. The highest BCUT2D eigenvalue weighted by Crippen LogP contribution is 2.29. The van der Waals surface area contributed by atoms with E-state index in [2.05, 4.69) is 5.32 Å². The molecule has 1 aliphatic heterocycles. The summed E-state index contributed by atoms with van der Waals surface area (Å²) in [6.07, 6.45) is 0.216. The summed E-state index contributed by atoms with van der Waals surface area (Å²) in [5.74, 6) is 0.0476. The SMILES string of the molecule is COc1ccc(C)cc1NC(=O)[C@@H]1CC(=O)N(c2cccc(C)c2)C1. The second-order valence-electron chi connectivity index (χ2n) is 6.44. The number of methoxy groups -OCH3 is 1. The molecule has 0 saturated carbocycles. The molecule has 1 saturated heterocycles. The first-order valence-electron chi connectivity index (χ1n) is 8.30. The fourth-order valence-electron chi connectivity index (χ4n) is 3.08. The van der Waals surface area contributed by atoms with E-state index in [4.69, 9.17) is 4.74 Å². The number of hydrogen-bond acceptors (Lipinski definition) is 3. The molecule has 1 heterocycles. The number of nitrogens with one attached hydrogen (secondary N) is 1. The molecule has 0 radical (unpaired) electrons. The highest BCUT2D eigenvalue weighted by Gasteiger charge is 2.35. The van der Waals surface area contributed by atoms with Gasteiger partial charge >= 0.3 is 0 Å². The molecule has 3 rings (SSSR count). The quantitative estimate of drug-likeness (QED) is 0.930. The standard InChI is InChI=1S/C20H22N2O3/c1-13-5-4-6-16(9-13)22-12-15(11-19(22)23)20(24)21-17-10-14(2)7-8-18(17)25-3/h4-10,15H,11-12H2,1-3H3,(H,21,24)/t15-/m1/s1. The van der Waals surface area contributed by atoms with Crippen LogP contribution in [0.4, 0.5) is 11.4 Å². The lowest BCUT2D eigenvalue weighted by Crippen LogP contribution is -2.28. The minimum atomic E-state index is -0.377. The van der Waals surface area contributed by atoms with Crippen LogP contribution in [0.2, 0.25) is 0 Å². The Labute approximate surface area is 147 Å². The molecule has 2 aromatic rings. The Bertz CT molecular complexity index is 816. The van der Waals surface area contributed by atoms with E-state index in [1.807, 2.05) is 56.3 Å². The number of benzene rings is 2. The number of aryl methyl sites for hydroxylation is 2. The Morgan fingerprint density at radius 1 is 1.16 bits per heavy atom. The summed E-state index contributed by atoms with van der Waals surface area (Å²) in [5, 5.41) is 2.91. The van der Waals surface area contributed by atoms with Crippen molar-refractivity contribution in [2.45, 2.75) is 20.3 Å². The zero-order valence-electron chi connectivity index (χ0n) is 14.7. The van der Waals surface area contributed by atoms with Crippen LogP contribution >= 0.6 is 0 Å². The smallest absolute Gasteiger partial charge is 0.229 e. The van der Waals surface area contributed by atoms with Gasteiger partial charge in [-0.25, -0.2) is 0 Å². The van der Waals surface area contributed by atoms with E-state index in [9.17, 15) is 9.59 Å². The van der Waals surface area contributed by atoms with Crippen LogP contribution in [-0.4, -0.2) is 25.5 Å². The first-order valence-corrected chi connectivity index (χ1v) is 8.30. The predicted octanol–water partition coefficient (Wildman–Crippen LogP) is 3.30. The Balaban J connectivity index is 1.74. The summed E-state index contributed by atoms with van der Waals surface area (Å²) in [7, 11) is 1.57. The van der Waals surface area contributed by atoms with Crippen molar-refractivity contribution >= 4 is 23.2 Å². The van der Waals surface area contributed by atoms with E-state index in [0.717, 1.165) is 16.8 Å². The van der Waals surface area contributed by atoms with Gasteiger partial charge in [-0.3, -0.25) is 9.59 Å². The number of nitrogens with zero attached hydrogens (tertiary/aromatic N) is 1. The molecule has 0 aliphatic carbocycles. The Hall–Kier alpha value is -2.82. The van der Waals surface area contributed by atoms with Crippen molar-refractivity contribution in [2.75, 3.05) is 23.9 Å². The van der Waals surface area contributed by atoms with E-state index < -0.39 is 0 Å². The Kier molecular flexibility index (Phi) is 4.74. The maximum Gasteiger partial charge on any atom is 0.229 e. The maximum absolute atomic E-state index is 12.6. The van der Waals surface area contributed by atoms with E-state index >= 15 is 0 Å². The highest BCUT2D eigenvalue weighted by molar-refractivity contribution is 6.04.